The Hall–Kier alpha value is -0.470. The quantitative estimate of drug-likeness (QED) is 0.378. The Morgan fingerprint density at radius 3 is 2.53 bits per heavy atom. The maximum absolute atomic E-state index is 9.87. The molecule has 0 heterocycles. The van der Waals surface area contributed by atoms with Gasteiger partial charge in [-0.15, -0.1) is 11.8 Å². The molecule has 1 atom stereocenters. The normalized spacial score (nSPS) is 13.4. The van der Waals surface area contributed by atoms with Gasteiger partial charge in [0.2, 0.25) is 0 Å². The molecule has 0 aliphatic carbocycles. The van der Waals surface area contributed by atoms with E-state index in [9.17, 15) is 5.11 Å². The van der Waals surface area contributed by atoms with Crippen molar-refractivity contribution < 1.29 is 5.11 Å². The summed E-state index contributed by atoms with van der Waals surface area (Å²) in [7, 11) is 0. The second-order valence-corrected chi connectivity index (χ2v) is 5.84. The third-order valence-corrected chi connectivity index (χ3v) is 3.78. The second-order valence-electron chi connectivity index (χ2n) is 4.82. The number of aliphatic hydroxyl groups is 1. The minimum atomic E-state index is -0.541. The summed E-state index contributed by atoms with van der Waals surface area (Å²) in [6.45, 7) is 8.32. The van der Waals surface area contributed by atoms with Crippen molar-refractivity contribution in [2.45, 2.75) is 64.9 Å². The lowest BCUT2D eigenvalue weighted by molar-refractivity contribution is 0.263. The Labute approximate surface area is 123 Å². The lowest BCUT2D eigenvalue weighted by atomic mass is 10.1. The first-order chi connectivity index (χ1) is 9.22. The summed E-state index contributed by atoms with van der Waals surface area (Å²) in [6, 6.07) is 0. The first-order valence-corrected chi connectivity index (χ1v) is 8.58. The summed E-state index contributed by atoms with van der Waals surface area (Å²) in [5.74, 6) is 1.14. The molecule has 1 nitrogen and oxygen atoms in total. The molecular weight excluding hydrogens is 252 g/mol. The molecule has 0 saturated heterocycles. The fourth-order valence-corrected chi connectivity index (χ4v) is 2.37. The van der Waals surface area contributed by atoms with Gasteiger partial charge in [0.15, 0.2) is 0 Å². The minimum Gasteiger partial charge on any atom is -0.384 e. The number of thioether (sulfide) groups is 1. The molecule has 0 radical (unpaired) electrons. The number of aliphatic hydroxyl groups excluding tert-OH is 1. The molecule has 2 heteroatoms. The van der Waals surface area contributed by atoms with Crippen LogP contribution in [0.1, 0.15) is 58.8 Å². The zero-order chi connectivity index (χ0) is 14.3. The van der Waals surface area contributed by atoms with Crippen LogP contribution in [0.5, 0.6) is 0 Å². The minimum absolute atomic E-state index is 0.541. The molecule has 0 aromatic heterocycles. The van der Waals surface area contributed by atoms with Gasteiger partial charge in [-0.3, -0.25) is 0 Å². The van der Waals surface area contributed by atoms with Gasteiger partial charge in [0.05, 0.1) is 6.10 Å². The van der Waals surface area contributed by atoms with E-state index in [0.717, 1.165) is 17.7 Å². The predicted molar refractivity (Wildman–Crippen MR) is 89.6 cm³/mol. The number of hydrogen-bond donors (Lipinski definition) is 1. The molecule has 0 saturated carbocycles. The van der Waals surface area contributed by atoms with Crippen molar-refractivity contribution in [2.24, 2.45) is 0 Å². The summed E-state index contributed by atoms with van der Waals surface area (Å²) in [4.78, 5) is 0. The van der Waals surface area contributed by atoms with E-state index in [1.54, 1.807) is 11.8 Å². The summed E-state index contributed by atoms with van der Waals surface area (Å²) >= 11 is 1.77. The molecular formula is C17H30OS. The topological polar surface area (TPSA) is 20.2 Å². The molecule has 0 rings (SSSR count). The van der Waals surface area contributed by atoms with Crippen LogP contribution in [0.15, 0.2) is 35.8 Å². The van der Waals surface area contributed by atoms with Gasteiger partial charge < -0.3 is 5.11 Å². The molecule has 1 N–H and O–H groups in total. The molecule has 0 amide bonds. The molecule has 0 spiro atoms. The monoisotopic (exact) mass is 282 g/mol. The lowest BCUT2D eigenvalue weighted by Gasteiger charge is -2.04. The molecule has 19 heavy (non-hydrogen) atoms. The molecule has 0 aliphatic rings. The lowest BCUT2D eigenvalue weighted by Crippen LogP contribution is -2.02. The zero-order valence-corrected chi connectivity index (χ0v) is 13.4. The average Bonchev–Trinajstić information content (AvgIpc) is 2.42. The van der Waals surface area contributed by atoms with Crippen LogP contribution in [0.4, 0.5) is 0 Å². The maximum Gasteiger partial charge on any atom is 0.0973 e. The smallest absolute Gasteiger partial charge is 0.0973 e. The van der Waals surface area contributed by atoms with Crippen LogP contribution < -0.4 is 0 Å². The number of rotatable bonds is 12. The predicted octanol–water partition coefficient (Wildman–Crippen LogP) is 5.48. The van der Waals surface area contributed by atoms with Crippen LogP contribution in [0.2, 0.25) is 0 Å². The summed E-state index contributed by atoms with van der Waals surface area (Å²) in [6.07, 6.45) is 14.0. The SMILES string of the molecule is C=C(/C=C\CCCCC)C(O)/C=C/SCCCCC. The van der Waals surface area contributed by atoms with Gasteiger partial charge in [0.25, 0.3) is 0 Å². The first-order valence-electron chi connectivity index (χ1n) is 7.54. The molecule has 110 valence electrons. The third kappa shape index (κ3) is 12.3. The summed E-state index contributed by atoms with van der Waals surface area (Å²) < 4.78 is 0. The molecule has 0 fully saturated rings. The van der Waals surface area contributed by atoms with E-state index >= 15 is 0 Å². The molecule has 1 unspecified atom stereocenters. The van der Waals surface area contributed by atoms with Gasteiger partial charge in [-0.05, 0) is 42.1 Å². The maximum atomic E-state index is 9.87. The van der Waals surface area contributed by atoms with Gasteiger partial charge in [-0.25, -0.2) is 0 Å². The largest absolute Gasteiger partial charge is 0.384 e. The van der Waals surface area contributed by atoms with E-state index in [0.29, 0.717) is 0 Å². The van der Waals surface area contributed by atoms with Gasteiger partial charge in [0.1, 0.15) is 0 Å². The van der Waals surface area contributed by atoms with Gasteiger partial charge >= 0.3 is 0 Å². The number of unbranched alkanes of at least 4 members (excludes halogenated alkanes) is 5. The van der Waals surface area contributed by atoms with E-state index in [1.807, 2.05) is 17.6 Å². The van der Waals surface area contributed by atoms with Crippen LogP contribution >= 0.6 is 11.8 Å². The highest BCUT2D eigenvalue weighted by Gasteiger charge is 2.00. The molecule has 0 aromatic rings. The van der Waals surface area contributed by atoms with Crippen molar-refractivity contribution in [1.82, 2.24) is 0 Å². The van der Waals surface area contributed by atoms with Crippen LogP contribution in [0, 0.1) is 0 Å². The zero-order valence-electron chi connectivity index (χ0n) is 12.6. The molecule has 0 aliphatic heterocycles. The first kappa shape index (κ1) is 18.5. The van der Waals surface area contributed by atoms with E-state index < -0.39 is 6.10 Å². The van der Waals surface area contributed by atoms with Gasteiger partial charge in [0, 0.05) is 0 Å². The highest BCUT2D eigenvalue weighted by Crippen LogP contribution is 2.11. The van der Waals surface area contributed by atoms with E-state index in [2.05, 4.69) is 26.5 Å². The Morgan fingerprint density at radius 1 is 1.16 bits per heavy atom. The highest BCUT2D eigenvalue weighted by atomic mass is 32.2. The summed E-state index contributed by atoms with van der Waals surface area (Å²) in [5.41, 5.74) is 0.780. The van der Waals surface area contributed by atoms with Crippen molar-refractivity contribution >= 4 is 11.8 Å². The Bertz CT molecular complexity index is 268. The van der Waals surface area contributed by atoms with Crippen molar-refractivity contribution in [3.05, 3.63) is 35.8 Å². The Kier molecular flexibility index (Phi) is 13.6. The Balaban J connectivity index is 3.71. The standard InChI is InChI=1S/C17H30OS/c1-4-6-8-9-10-12-16(3)17(18)13-15-19-14-11-7-5-2/h10,12-13,15,17-18H,3-9,11,14H2,1-2H3/b12-10-,15-13+. The highest BCUT2D eigenvalue weighted by molar-refractivity contribution is 8.02. The summed E-state index contributed by atoms with van der Waals surface area (Å²) in [5, 5.41) is 11.9. The number of allylic oxidation sites excluding steroid dienone is 1. The number of hydrogen-bond acceptors (Lipinski definition) is 2. The van der Waals surface area contributed by atoms with Crippen molar-refractivity contribution in [3.8, 4) is 0 Å². The average molecular weight is 282 g/mol. The van der Waals surface area contributed by atoms with Crippen LogP contribution in [-0.4, -0.2) is 17.0 Å². The van der Waals surface area contributed by atoms with E-state index in [-0.39, 0.29) is 0 Å². The Morgan fingerprint density at radius 2 is 1.84 bits per heavy atom. The fourth-order valence-electron chi connectivity index (χ4n) is 1.60. The van der Waals surface area contributed by atoms with Crippen molar-refractivity contribution in [2.75, 3.05) is 5.75 Å². The van der Waals surface area contributed by atoms with Crippen LogP contribution in [0.25, 0.3) is 0 Å². The van der Waals surface area contributed by atoms with Crippen LogP contribution in [-0.2, 0) is 0 Å². The van der Waals surface area contributed by atoms with Crippen molar-refractivity contribution in [3.63, 3.8) is 0 Å². The second kappa shape index (κ2) is 14.0. The van der Waals surface area contributed by atoms with Gasteiger partial charge in [-0.2, -0.15) is 0 Å². The van der Waals surface area contributed by atoms with Gasteiger partial charge in [-0.1, -0.05) is 58.3 Å². The fraction of sp³-hybridized carbons (Fsp3) is 0.647. The van der Waals surface area contributed by atoms with E-state index in [4.69, 9.17) is 0 Å². The van der Waals surface area contributed by atoms with Crippen LogP contribution in [0.3, 0.4) is 0 Å². The van der Waals surface area contributed by atoms with Crippen molar-refractivity contribution in [1.29, 1.82) is 0 Å². The third-order valence-electron chi connectivity index (χ3n) is 2.91. The van der Waals surface area contributed by atoms with E-state index in [1.165, 1.54) is 38.5 Å². The molecule has 0 aromatic carbocycles. The molecule has 0 bridgehead atoms.